The van der Waals surface area contributed by atoms with Crippen molar-refractivity contribution in [2.24, 2.45) is 0 Å². The molecule has 0 bridgehead atoms. The van der Waals surface area contributed by atoms with E-state index in [0.29, 0.717) is 16.2 Å². The Morgan fingerprint density at radius 2 is 1.94 bits per heavy atom. The Labute approximate surface area is 101 Å². The highest BCUT2D eigenvalue weighted by Crippen LogP contribution is 2.24. The molecule has 0 saturated heterocycles. The number of benzene rings is 1. The third-order valence-corrected chi connectivity index (χ3v) is 2.18. The van der Waals surface area contributed by atoms with Gasteiger partial charge in [-0.15, -0.1) is 12.6 Å². The fourth-order valence-electron chi connectivity index (χ4n) is 1.14. The van der Waals surface area contributed by atoms with Crippen molar-refractivity contribution in [1.82, 2.24) is 0 Å². The monoisotopic (exact) mass is 240 g/mol. The Morgan fingerprint density at radius 3 is 2.44 bits per heavy atom. The Bertz CT molecular complexity index is 394. The first kappa shape index (κ1) is 12.9. The molecule has 3 nitrogen and oxygen atoms in total. The molecule has 0 N–H and O–H groups in total. The lowest BCUT2D eigenvalue weighted by atomic mass is 10.1. The van der Waals surface area contributed by atoms with E-state index in [-0.39, 0.29) is 5.97 Å². The Kier molecular flexibility index (Phi) is 3.86. The molecule has 0 aliphatic heterocycles. The minimum atomic E-state index is -0.496. The number of carbonyl (C=O) groups excluding carboxylic acids is 1. The van der Waals surface area contributed by atoms with Crippen molar-refractivity contribution in [2.75, 3.05) is 7.11 Å². The van der Waals surface area contributed by atoms with Crippen LogP contribution in [-0.2, 0) is 4.74 Å². The molecular weight excluding hydrogens is 224 g/mol. The van der Waals surface area contributed by atoms with Gasteiger partial charge in [-0.05, 0) is 39.0 Å². The van der Waals surface area contributed by atoms with Crippen molar-refractivity contribution in [3.05, 3.63) is 23.8 Å². The van der Waals surface area contributed by atoms with Crippen molar-refractivity contribution >= 4 is 18.6 Å². The average Bonchev–Trinajstić information content (AvgIpc) is 2.15. The quantitative estimate of drug-likeness (QED) is 0.637. The van der Waals surface area contributed by atoms with E-state index in [0.717, 1.165) is 0 Å². The van der Waals surface area contributed by atoms with Crippen LogP contribution in [0.3, 0.4) is 0 Å². The molecule has 0 spiro atoms. The second-order valence-corrected chi connectivity index (χ2v) is 4.87. The molecule has 0 atom stereocenters. The molecule has 4 heteroatoms. The van der Waals surface area contributed by atoms with Crippen molar-refractivity contribution in [1.29, 1.82) is 0 Å². The van der Waals surface area contributed by atoms with E-state index in [2.05, 4.69) is 12.6 Å². The van der Waals surface area contributed by atoms with Crippen LogP contribution in [0, 0.1) is 0 Å². The molecule has 0 amide bonds. The topological polar surface area (TPSA) is 35.5 Å². The van der Waals surface area contributed by atoms with Crippen LogP contribution in [0.5, 0.6) is 5.75 Å². The summed E-state index contributed by atoms with van der Waals surface area (Å²) in [5, 5.41) is 0. The number of methoxy groups -OCH3 is 1. The molecular formula is C12H16O3S. The van der Waals surface area contributed by atoms with E-state index in [1.165, 1.54) is 7.11 Å². The van der Waals surface area contributed by atoms with Crippen LogP contribution in [0.4, 0.5) is 0 Å². The second-order valence-electron chi connectivity index (χ2n) is 4.39. The van der Waals surface area contributed by atoms with Gasteiger partial charge in [0.05, 0.1) is 12.7 Å². The lowest BCUT2D eigenvalue weighted by molar-refractivity contribution is 0.00691. The number of esters is 1. The van der Waals surface area contributed by atoms with Crippen molar-refractivity contribution in [2.45, 2.75) is 31.3 Å². The minimum absolute atomic E-state index is 0.362. The summed E-state index contributed by atoms with van der Waals surface area (Å²) in [4.78, 5) is 12.4. The maximum atomic E-state index is 11.7. The molecule has 0 radical (unpaired) electrons. The molecule has 0 aliphatic carbocycles. The van der Waals surface area contributed by atoms with Crippen molar-refractivity contribution in [3.8, 4) is 5.75 Å². The minimum Gasteiger partial charge on any atom is -0.496 e. The first-order valence-electron chi connectivity index (χ1n) is 4.94. The highest BCUT2D eigenvalue weighted by atomic mass is 32.1. The summed E-state index contributed by atoms with van der Waals surface area (Å²) >= 11 is 4.20. The van der Waals surface area contributed by atoms with E-state index in [4.69, 9.17) is 9.47 Å². The Morgan fingerprint density at radius 1 is 1.31 bits per heavy atom. The summed E-state index contributed by atoms with van der Waals surface area (Å²) in [6.45, 7) is 5.49. The largest absolute Gasteiger partial charge is 0.496 e. The van der Waals surface area contributed by atoms with Crippen molar-refractivity contribution < 1.29 is 14.3 Å². The van der Waals surface area contributed by atoms with Crippen LogP contribution in [-0.4, -0.2) is 18.7 Å². The van der Waals surface area contributed by atoms with Crippen LogP contribution in [0.2, 0.25) is 0 Å². The number of hydrogen-bond acceptors (Lipinski definition) is 4. The smallest absolute Gasteiger partial charge is 0.338 e. The molecule has 16 heavy (non-hydrogen) atoms. The van der Waals surface area contributed by atoms with Crippen molar-refractivity contribution in [3.63, 3.8) is 0 Å². The maximum absolute atomic E-state index is 11.7. The third kappa shape index (κ3) is 3.45. The van der Waals surface area contributed by atoms with Gasteiger partial charge in [0.15, 0.2) is 0 Å². The van der Waals surface area contributed by atoms with Gasteiger partial charge in [0.25, 0.3) is 0 Å². The Balaban J connectivity index is 2.93. The SMILES string of the molecule is COc1cc(C(=O)OC(C)(C)C)ccc1S. The van der Waals surface area contributed by atoms with Gasteiger partial charge in [0.1, 0.15) is 11.4 Å². The van der Waals surface area contributed by atoms with Gasteiger partial charge in [-0.2, -0.15) is 0 Å². The van der Waals surface area contributed by atoms with Crippen LogP contribution in [0.15, 0.2) is 23.1 Å². The highest BCUT2D eigenvalue weighted by molar-refractivity contribution is 7.80. The fraction of sp³-hybridized carbons (Fsp3) is 0.417. The molecule has 0 aliphatic rings. The molecule has 0 heterocycles. The van der Waals surface area contributed by atoms with Crippen LogP contribution in [0.1, 0.15) is 31.1 Å². The highest BCUT2D eigenvalue weighted by Gasteiger charge is 2.18. The predicted octanol–water partition coefficient (Wildman–Crippen LogP) is 2.94. The third-order valence-electron chi connectivity index (χ3n) is 1.81. The molecule has 0 unspecified atom stereocenters. The lowest BCUT2D eigenvalue weighted by Crippen LogP contribution is -2.23. The van der Waals surface area contributed by atoms with Gasteiger partial charge in [-0.25, -0.2) is 4.79 Å². The van der Waals surface area contributed by atoms with E-state index >= 15 is 0 Å². The second kappa shape index (κ2) is 4.78. The summed E-state index contributed by atoms with van der Waals surface area (Å²) in [7, 11) is 1.54. The summed E-state index contributed by atoms with van der Waals surface area (Å²) < 4.78 is 10.3. The zero-order chi connectivity index (χ0) is 12.3. The fourth-order valence-corrected chi connectivity index (χ4v) is 1.37. The van der Waals surface area contributed by atoms with Gasteiger partial charge in [-0.1, -0.05) is 0 Å². The van der Waals surface area contributed by atoms with E-state index in [1.54, 1.807) is 18.2 Å². The van der Waals surface area contributed by atoms with Crippen LogP contribution >= 0.6 is 12.6 Å². The van der Waals surface area contributed by atoms with Crippen LogP contribution in [0.25, 0.3) is 0 Å². The van der Waals surface area contributed by atoms with E-state index < -0.39 is 5.60 Å². The van der Waals surface area contributed by atoms with Gasteiger partial charge < -0.3 is 9.47 Å². The zero-order valence-electron chi connectivity index (χ0n) is 9.90. The lowest BCUT2D eigenvalue weighted by Gasteiger charge is -2.19. The molecule has 0 fully saturated rings. The molecule has 1 aromatic carbocycles. The van der Waals surface area contributed by atoms with Crippen LogP contribution < -0.4 is 4.74 Å². The Hall–Kier alpha value is -1.16. The average molecular weight is 240 g/mol. The molecule has 0 aromatic heterocycles. The van der Waals surface area contributed by atoms with Gasteiger partial charge in [0, 0.05) is 4.90 Å². The zero-order valence-corrected chi connectivity index (χ0v) is 10.8. The summed E-state index contributed by atoms with van der Waals surface area (Å²) in [6, 6.07) is 5.00. The standard InChI is InChI=1S/C12H16O3S/c1-12(2,3)15-11(13)8-5-6-10(16)9(7-8)14-4/h5-7,16H,1-4H3. The van der Waals surface area contributed by atoms with E-state index in [9.17, 15) is 4.79 Å². The summed E-state index contributed by atoms with van der Waals surface area (Å²) in [5.41, 5.74) is -0.0335. The first-order chi connectivity index (χ1) is 7.33. The van der Waals surface area contributed by atoms with Gasteiger partial charge in [0.2, 0.25) is 0 Å². The molecule has 1 rings (SSSR count). The van der Waals surface area contributed by atoms with Gasteiger partial charge in [-0.3, -0.25) is 0 Å². The number of carbonyl (C=O) groups is 1. The summed E-state index contributed by atoms with van der Waals surface area (Å²) in [5.74, 6) is 0.200. The van der Waals surface area contributed by atoms with E-state index in [1.807, 2.05) is 20.8 Å². The first-order valence-corrected chi connectivity index (χ1v) is 5.38. The molecule has 88 valence electrons. The summed E-state index contributed by atoms with van der Waals surface area (Å²) in [6.07, 6.45) is 0. The molecule has 1 aromatic rings. The predicted molar refractivity (Wildman–Crippen MR) is 65.4 cm³/mol. The number of rotatable bonds is 2. The van der Waals surface area contributed by atoms with Gasteiger partial charge >= 0.3 is 5.97 Å². The normalized spacial score (nSPS) is 11.1. The molecule has 0 saturated carbocycles. The maximum Gasteiger partial charge on any atom is 0.338 e. The number of hydrogen-bond donors (Lipinski definition) is 1. The number of ether oxygens (including phenoxy) is 2. The number of thiol groups is 1.